The number of esters is 1. The number of fused-ring (bicyclic) bond motifs is 3. The molecule has 0 amide bonds. The second-order valence-electron chi connectivity index (χ2n) is 10.6. The van der Waals surface area contributed by atoms with Crippen molar-refractivity contribution in [1.82, 2.24) is 0 Å². The third kappa shape index (κ3) is 2.61. The van der Waals surface area contributed by atoms with E-state index in [4.69, 9.17) is 4.74 Å². The van der Waals surface area contributed by atoms with E-state index in [0.29, 0.717) is 17.1 Å². The highest BCUT2D eigenvalue weighted by molar-refractivity contribution is 5.96. The van der Waals surface area contributed by atoms with Crippen LogP contribution in [0.25, 0.3) is 0 Å². The van der Waals surface area contributed by atoms with Gasteiger partial charge >= 0.3 is 5.97 Å². The molecule has 0 radical (unpaired) electrons. The van der Waals surface area contributed by atoms with E-state index in [1.54, 1.807) is 39.0 Å². The average molecular weight is 431 g/mol. The molecule has 31 heavy (non-hydrogen) atoms. The summed E-state index contributed by atoms with van der Waals surface area (Å²) in [7, 11) is 0. The third-order valence-corrected chi connectivity index (χ3v) is 8.88. The van der Waals surface area contributed by atoms with Gasteiger partial charge in [-0.1, -0.05) is 39.0 Å². The molecule has 4 rings (SSSR count). The Labute approximate surface area is 183 Å². The van der Waals surface area contributed by atoms with Gasteiger partial charge in [0.15, 0.2) is 17.5 Å². The van der Waals surface area contributed by atoms with E-state index < -0.39 is 41.7 Å². The van der Waals surface area contributed by atoms with Gasteiger partial charge in [-0.3, -0.25) is 4.79 Å². The van der Waals surface area contributed by atoms with Crippen LogP contribution < -0.4 is 0 Å². The molecule has 0 aromatic rings. The molecule has 6 heteroatoms. The molecule has 0 saturated heterocycles. The number of rotatable bonds is 3. The first-order valence-corrected chi connectivity index (χ1v) is 11.2. The molecule has 170 valence electrons. The molecule has 3 N–H and O–H groups in total. The van der Waals surface area contributed by atoms with Gasteiger partial charge in [0.2, 0.25) is 0 Å². The van der Waals surface area contributed by atoms with E-state index in [0.717, 1.165) is 6.42 Å². The summed E-state index contributed by atoms with van der Waals surface area (Å²) >= 11 is 0. The highest BCUT2D eigenvalue weighted by Crippen LogP contribution is 2.71. The lowest BCUT2D eigenvalue weighted by Crippen LogP contribution is -2.65. The average Bonchev–Trinajstić information content (AvgIpc) is 3.21. The Morgan fingerprint density at radius 2 is 2.00 bits per heavy atom. The first kappa shape index (κ1) is 22.4. The Morgan fingerprint density at radius 1 is 1.35 bits per heavy atom. The second kappa shape index (κ2) is 6.87. The van der Waals surface area contributed by atoms with Gasteiger partial charge in [-0.05, 0) is 61.5 Å². The van der Waals surface area contributed by atoms with Gasteiger partial charge in [0.1, 0.15) is 6.10 Å². The third-order valence-electron chi connectivity index (χ3n) is 8.88. The molecule has 0 aromatic carbocycles. The van der Waals surface area contributed by atoms with Crippen LogP contribution in [0.1, 0.15) is 48.0 Å². The summed E-state index contributed by atoms with van der Waals surface area (Å²) in [6.07, 6.45) is 3.04. The fourth-order valence-electron chi connectivity index (χ4n) is 6.91. The van der Waals surface area contributed by atoms with Crippen molar-refractivity contribution < 1.29 is 29.6 Å². The normalized spacial score (nSPS) is 45.6. The number of aliphatic hydroxyl groups excluding tert-OH is 2. The Morgan fingerprint density at radius 3 is 2.58 bits per heavy atom. The number of carbonyl (C=O) groups excluding carboxylic acids is 2. The first-order valence-electron chi connectivity index (χ1n) is 11.2. The van der Waals surface area contributed by atoms with E-state index in [2.05, 4.69) is 13.8 Å². The largest absolute Gasteiger partial charge is 0.451 e. The highest BCUT2D eigenvalue weighted by atomic mass is 16.6. The van der Waals surface area contributed by atoms with Crippen molar-refractivity contribution >= 4 is 11.8 Å². The molecule has 0 heterocycles. The second-order valence-corrected chi connectivity index (χ2v) is 10.6. The summed E-state index contributed by atoms with van der Waals surface area (Å²) in [5.41, 5.74) is -2.36. The summed E-state index contributed by atoms with van der Waals surface area (Å²) in [6, 6.07) is 0. The maximum atomic E-state index is 14.2. The molecular weight excluding hydrogens is 396 g/mol. The van der Waals surface area contributed by atoms with E-state index in [1.807, 2.05) is 6.92 Å². The zero-order chi connectivity index (χ0) is 23.1. The number of Topliss-reactive ketones (excluding diaryl/α,β-unsaturated/α-hetero) is 1. The molecule has 2 bridgehead atoms. The minimum absolute atomic E-state index is 0.0209. The van der Waals surface area contributed by atoms with Gasteiger partial charge in [-0.25, -0.2) is 4.79 Å². The molecule has 0 aliphatic heterocycles. The number of hydrogen-bond acceptors (Lipinski definition) is 6. The molecule has 4 aliphatic rings. The number of hydrogen-bond donors (Lipinski definition) is 3. The molecule has 4 aliphatic carbocycles. The van der Waals surface area contributed by atoms with Crippen molar-refractivity contribution in [2.24, 2.45) is 34.5 Å². The van der Waals surface area contributed by atoms with Crippen molar-refractivity contribution in [3.8, 4) is 0 Å². The van der Waals surface area contributed by atoms with Crippen molar-refractivity contribution in [2.75, 3.05) is 6.61 Å². The monoisotopic (exact) mass is 430 g/mol. The van der Waals surface area contributed by atoms with Gasteiger partial charge in [-0.15, -0.1) is 0 Å². The predicted molar refractivity (Wildman–Crippen MR) is 115 cm³/mol. The molecule has 1 spiro atoms. The number of aliphatic hydroxyl groups is 3. The summed E-state index contributed by atoms with van der Waals surface area (Å²) in [4.78, 5) is 26.8. The zero-order valence-corrected chi connectivity index (χ0v) is 19.2. The standard InChI is InChI=1S/C25H34O6/c1-7-12(2)22(29)31-21-13(3)10-24-14(4)8-17-18(23(17,5)6)16(20(24)28)9-15(11-26)19(27)25(21,24)30/h7,9-10,14,16-19,21,26-27,30H,8,11H2,1-6H3/t14?,16-,17+,18?,19+,21-,24?,25-/m0/s1. The topological polar surface area (TPSA) is 104 Å². The highest BCUT2D eigenvalue weighted by Gasteiger charge is 2.76. The summed E-state index contributed by atoms with van der Waals surface area (Å²) in [5.74, 6) is -1.13. The van der Waals surface area contributed by atoms with Crippen molar-refractivity contribution in [1.29, 1.82) is 0 Å². The van der Waals surface area contributed by atoms with Crippen LogP contribution in [0.15, 0.2) is 34.9 Å². The Kier molecular flexibility index (Phi) is 4.97. The van der Waals surface area contributed by atoms with Gasteiger partial charge < -0.3 is 20.1 Å². The molecule has 0 aromatic heterocycles. The van der Waals surface area contributed by atoms with Crippen LogP contribution in [0.5, 0.6) is 0 Å². The molecule has 3 unspecified atom stereocenters. The number of carbonyl (C=O) groups is 2. The smallest absolute Gasteiger partial charge is 0.334 e. The van der Waals surface area contributed by atoms with Crippen LogP contribution in [-0.2, 0) is 14.3 Å². The Bertz CT molecular complexity index is 926. The van der Waals surface area contributed by atoms with Crippen LogP contribution >= 0.6 is 0 Å². The van der Waals surface area contributed by atoms with E-state index >= 15 is 0 Å². The summed E-state index contributed by atoms with van der Waals surface area (Å²) < 4.78 is 5.72. The number of allylic oxidation sites excluding steroid dienone is 2. The Hall–Kier alpha value is -1.76. The summed E-state index contributed by atoms with van der Waals surface area (Å²) in [5, 5.41) is 33.7. The minimum Gasteiger partial charge on any atom is -0.451 e. The SMILES string of the molecule is CC=C(C)C(=O)O[C@H]1C(C)=CC23C(=O)[C@@H](C=C(CO)[C@@H](O)[C@]12O)C1[C@@H](CC3C)C1(C)C. The van der Waals surface area contributed by atoms with Gasteiger partial charge in [-0.2, -0.15) is 0 Å². The maximum Gasteiger partial charge on any atom is 0.334 e. The fraction of sp³-hybridized carbons (Fsp3) is 0.680. The fourth-order valence-corrected chi connectivity index (χ4v) is 6.91. The van der Waals surface area contributed by atoms with Crippen LogP contribution in [-0.4, -0.2) is 51.5 Å². The molecule has 6 nitrogen and oxygen atoms in total. The van der Waals surface area contributed by atoms with Gasteiger partial charge in [0, 0.05) is 11.5 Å². The minimum atomic E-state index is -2.08. The van der Waals surface area contributed by atoms with Gasteiger partial charge in [0.05, 0.1) is 12.0 Å². The molecular formula is C25H34O6. The van der Waals surface area contributed by atoms with E-state index in [1.165, 1.54) is 0 Å². The summed E-state index contributed by atoms with van der Waals surface area (Å²) in [6.45, 7) is 10.8. The Balaban J connectivity index is 1.91. The number of ether oxygens (including phenoxy) is 1. The molecule has 2 saturated carbocycles. The van der Waals surface area contributed by atoms with Crippen LogP contribution in [0.2, 0.25) is 0 Å². The number of ketones is 1. The van der Waals surface area contributed by atoms with Crippen LogP contribution in [0, 0.1) is 34.5 Å². The lowest BCUT2D eigenvalue weighted by molar-refractivity contribution is -0.201. The van der Waals surface area contributed by atoms with Crippen LogP contribution in [0.4, 0.5) is 0 Å². The first-order chi connectivity index (χ1) is 14.4. The molecule has 8 atom stereocenters. The molecule has 2 fully saturated rings. The zero-order valence-electron chi connectivity index (χ0n) is 19.2. The quantitative estimate of drug-likeness (QED) is 0.361. The lowest BCUT2D eigenvalue weighted by atomic mass is 9.59. The van der Waals surface area contributed by atoms with Crippen LogP contribution in [0.3, 0.4) is 0 Å². The predicted octanol–water partition coefficient (Wildman–Crippen LogP) is 2.33. The van der Waals surface area contributed by atoms with Crippen molar-refractivity contribution in [2.45, 2.75) is 65.8 Å². The van der Waals surface area contributed by atoms with E-state index in [-0.39, 0.29) is 28.6 Å². The van der Waals surface area contributed by atoms with Crippen molar-refractivity contribution in [3.05, 3.63) is 34.9 Å². The van der Waals surface area contributed by atoms with E-state index in [9.17, 15) is 24.9 Å². The lowest BCUT2D eigenvalue weighted by Gasteiger charge is -2.48. The maximum absolute atomic E-state index is 14.2. The van der Waals surface area contributed by atoms with Gasteiger partial charge in [0.25, 0.3) is 0 Å². The van der Waals surface area contributed by atoms with Crippen molar-refractivity contribution in [3.63, 3.8) is 0 Å².